The van der Waals surface area contributed by atoms with Crippen LogP contribution in [0.1, 0.15) is 0 Å². The van der Waals surface area contributed by atoms with Gasteiger partial charge in [-0.25, -0.2) is 0 Å². The molecule has 0 aromatic heterocycles. The number of hydrogen-bond acceptors (Lipinski definition) is 4. The van der Waals surface area contributed by atoms with Gasteiger partial charge in [-0.1, -0.05) is 0 Å². The molecule has 2 heterocycles. The Bertz CT molecular complexity index is 107. The highest BCUT2D eigenvalue weighted by Crippen LogP contribution is 2.32. The van der Waals surface area contributed by atoms with E-state index < -0.39 is 0 Å². The molecule has 0 N–H and O–H groups in total. The fourth-order valence-corrected chi connectivity index (χ4v) is 1.21. The highest BCUT2D eigenvalue weighted by molar-refractivity contribution is 5.10. The minimum Gasteiger partial charge on any atom is -0.785 e. The highest BCUT2D eigenvalue weighted by Gasteiger charge is 2.44. The molecule has 2 aliphatic heterocycles. The Balaban J connectivity index is 2.00. The van der Waals surface area contributed by atoms with Crippen LogP contribution in [0.15, 0.2) is 0 Å². The maximum atomic E-state index is 10.4. The van der Waals surface area contributed by atoms with Crippen LogP contribution < -0.4 is 0 Å². The first-order valence-corrected chi connectivity index (χ1v) is 2.66. The van der Waals surface area contributed by atoms with Crippen molar-refractivity contribution in [1.29, 1.82) is 0 Å². The van der Waals surface area contributed by atoms with Crippen molar-refractivity contribution in [2.75, 3.05) is 13.1 Å². The summed E-state index contributed by atoms with van der Waals surface area (Å²) in [6, 6.07) is 0.0972. The predicted octanol–water partition coefficient (Wildman–Crippen LogP) is -0.650. The van der Waals surface area contributed by atoms with Gasteiger partial charge in [-0.05, 0) is 0 Å². The molecule has 2 fully saturated rings. The fourth-order valence-electron chi connectivity index (χ4n) is 1.21. The average Bonchev–Trinajstić information content (AvgIpc) is 2.29. The van der Waals surface area contributed by atoms with Crippen LogP contribution in [0, 0.1) is 10.4 Å². The molecule has 2 unspecified atom stereocenters. The Hall–Kier alpha value is -0.160. The summed E-state index contributed by atoms with van der Waals surface area (Å²) in [6.45, 7) is 0.850. The van der Waals surface area contributed by atoms with Crippen molar-refractivity contribution in [3.8, 4) is 0 Å². The molecule has 0 spiro atoms. The Kier molecular flexibility index (Phi) is 0.715. The van der Waals surface area contributed by atoms with Gasteiger partial charge in [0, 0.05) is 25.2 Å². The summed E-state index contributed by atoms with van der Waals surface area (Å²) in [4.78, 5) is 0. The van der Waals surface area contributed by atoms with Crippen LogP contribution >= 0.6 is 0 Å². The third-order valence-corrected chi connectivity index (χ3v) is 1.79. The molecule has 0 bridgehead atoms. The summed E-state index contributed by atoms with van der Waals surface area (Å²) in [6.07, 6.45) is 0. The summed E-state index contributed by atoms with van der Waals surface area (Å²) in [5.41, 5.74) is 0. The van der Waals surface area contributed by atoms with Gasteiger partial charge in [-0.2, -0.15) is 0 Å². The second-order valence-electron chi connectivity index (χ2n) is 2.34. The van der Waals surface area contributed by atoms with E-state index in [2.05, 4.69) is 0 Å². The number of rotatable bonds is 0. The first-order valence-electron chi connectivity index (χ1n) is 2.66. The van der Waals surface area contributed by atoms with Crippen molar-refractivity contribution in [2.45, 2.75) is 12.1 Å². The molecule has 4 nitrogen and oxygen atoms in total. The topological polar surface area (TPSA) is 52.4 Å². The SMILES string of the molecule is [O-]N1CC2C(C1)N2[O-]. The molecule has 0 amide bonds. The summed E-state index contributed by atoms with van der Waals surface area (Å²) in [7, 11) is 0. The number of hydroxylamine groups is 4. The zero-order valence-corrected chi connectivity index (χ0v) is 4.28. The van der Waals surface area contributed by atoms with Gasteiger partial charge < -0.3 is 20.5 Å². The lowest BCUT2D eigenvalue weighted by Gasteiger charge is -2.26. The third kappa shape index (κ3) is 0.430. The minimum atomic E-state index is 0.0486. The van der Waals surface area contributed by atoms with E-state index in [1.54, 1.807) is 0 Å². The Morgan fingerprint density at radius 2 is 1.62 bits per heavy atom. The van der Waals surface area contributed by atoms with Crippen LogP contribution in [0.25, 0.3) is 0 Å². The minimum absolute atomic E-state index is 0.0486. The molecule has 2 atom stereocenters. The molecular weight excluding hydrogens is 108 g/mol. The van der Waals surface area contributed by atoms with Gasteiger partial charge in [-0.15, -0.1) is 0 Å². The van der Waals surface area contributed by atoms with Crippen molar-refractivity contribution in [1.82, 2.24) is 10.1 Å². The number of nitrogens with zero attached hydrogens (tertiary/aromatic N) is 2. The quantitative estimate of drug-likeness (QED) is 0.393. The van der Waals surface area contributed by atoms with Crippen LogP contribution in [0.4, 0.5) is 0 Å². The van der Waals surface area contributed by atoms with Crippen molar-refractivity contribution < 1.29 is 0 Å². The molecule has 2 aliphatic rings. The normalized spacial score (nSPS) is 54.0. The summed E-state index contributed by atoms with van der Waals surface area (Å²) >= 11 is 0. The summed E-state index contributed by atoms with van der Waals surface area (Å²) in [5, 5.41) is 22.7. The molecular formula is C4H6N2O2-2. The maximum Gasteiger partial charge on any atom is 0.0259 e. The first kappa shape index (κ1) is 4.69. The summed E-state index contributed by atoms with van der Waals surface area (Å²) in [5.74, 6) is 0. The number of piperazine rings is 1. The third-order valence-electron chi connectivity index (χ3n) is 1.79. The molecule has 0 aromatic carbocycles. The summed E-state index contributed by atoms with van der Waals surface area (Å²) < 4.78 is 0. The van der Waals surface area contributed by atoms with Gasteiger partial charge in [0.2, 0.25) is 0 Å². The highest BCUT2D eigenvalue weighted by atomic mass is 16.5. The molecule has 4 heteroatoms. The van der Waals surface area contributed by atoms with Crippen molar-refractivity contribution >= 4 is 0 Å². The first-order chi connectivity index (χ1) is 3.79. The van der Waals surface area contributed by atoms with E-state index in [-0.39, 0.29) is 12.1 Å². The Morgan fingerprint density at radius 3 is 2.00 bits per heavy atom. The van der Waals surface area contributed by atoms with Crippen molar-refractivity contribution in [2.24, 2.45) is 0 Å². The van der Waals surface area contributed by atoms with E-state index in [1.807, 2.05) is 0 Å². The standard InChI is InChI=1S/C4H6N2O2/c7-5-1-3-4(2-5)6(3)8/h3-4H,1-2H2/q-2. The molecule has 46 valence electrons. The molecule has 0 radical (unpaired) electrons. The molecule has 8 heavy (non-hydrogen) atoms. The van der Waals surface area contributed by atoms with Crippen LogP contribution in [-0.2, 0) is 0 Å². The van der Waals surface area contributed by atoms with Crippen molar-refractivity contribution in [3.63, 3.8) is 0 Å². The largest absolute Gasteiger partial charge is 0.785 e. The molecule has 2 saturated heterocycles. The fraction of sp³-hybridized carbons (Fsp3) is 1.00. The van der Waals surface area contributed by atoms with Crippen LogP contribution in [0.5, 0.6) is 0 Å². The Morgan fingerprint density at radius 1 is 1.12 bits per heavy atom. The van der Waals surface area contributed by atoms with E-state index in [1.165, 1.54) is 0 Å². The van der Waals surface area contributed by atoms with Gasteiger partial charge in [0.15, 0.2) is 0 Å². The zero-order valence-electron chi connectivity index (χ0n) is 4.28. The molecule has 2 rings (SSSR count). The van der Waals surface area contributed by atoms with Crippen LogP contribution in [-0.4, -0.2) is 35.3 Å². The lowest BCUT2D eigenvalue weighted by atomic mass is 10.4. The van der Waals surface area contributed by atoms with Crippen LogP contribution in [0.3, 0.4) is 0 Å². The second kappa shape index (κ2) is 1.22. The Labute approximate surface area is 46.8 Å². The zero-order chi connectivity index (χ0) is 5.72. The van der Waals surface area contributed by atoms with Crippen LogP contribution in [0.2, 0.25) is 0 Å². The number of hydrogen-bond donors (Lipinski definition) is 0. The van der Waals surface area contributed by atoms with Gasteiger partial charge in [0.25, 0.3) is 0 Å². The smallest absolute Gasteiger partial charge is 0.0259 e. The predicted molar refractivity (Wildman–Crippen MR) is 27.7 cm³/mol. The van der Waals surface area contributed by atoms with E-state index in [4.69, 9.17) is 0 Å². The number of fused-ring (bicyclic) bond motifs is 1. The average molecular weight is 114 g/mol. The van der Waals surface area contributed by atoms with Gasteiger partial charge in [0.1, 0.15) is 0 Å². The monoisotopic (exact) mass is 114 g/mol. The lowest BCUT2D eigenvalue weighted by Crippen LogP contribution is -2.21. The maximum absolute atomic E-state index is 10.4. The van der Waals surface area contributed by atoms with Gasteiger partial charge in [0.05, 0.1) is 0 Å². The van der Waals surface area contributed by atoms with Crippen molar-refractivity contribution in [3.05, 3.63) is 10.4 Å². The van der Waals surface area contributed by atoms with E-state index in [0.29, 0.717) is 13.1 Å². The van der Waals surface area contributed by atoms with E-state index in [0.717, 1.165) is 10.1 Å². The second-order valence-corrected chi connectivity index (χ2v) is 2.34. The van der Waals surface area contributed by atoms with E-state index in [9.17, 15) is 10.4 Å². The van der Waals surface area contributed by atoms with Gasteiger partial charge >= 0.3 is 0 Å². The van der Waals surface area contributed by atoms with Gasteiger partial charge in [-0.3, -0.25) is 0 Å². The molecule has 0 saturated carbocycles. The molecule has 0 aliphatic carbocycles. The van der Waals surface area contributed by atoms with E-state index >= 15 is 0 Å². The molecule has 0 aromatic rings. The lowest BCUT2D eigenvalue weighted by molar-refractivity contribution is 0.370.